The number of rotatable bonds is 12. The smallest absolute Gasteiger partial charge is 0.309 e. The summed E-state index contributed by atoms with van der Waals surface area (Å²) < 4.78 is 35.1. The number of hydrogen-bond acceptors (Lipinski definition) is 6. The molecule has 0 fully saturated rings. The molecule has 6 nitrogen and oxygen atoms in total. The summed E-state index contributed by atoms with van der Waals surface area (Å²) in [5.41, 5.74) is 10.0. The van der Waals surface area contributed by atoms with E-state index in [0.29, 0.717) is 0 Å². The average Bonchev–Trinajstić information content (AvgIpc) is 1.33. The Labute approximate surface area is 746 Å². The molecule has 10 aliphatic rings. The van der Waals surface area contributed by atoms with Crippen LogP contribution in [0, 0.1) is 0 Å². The summed E-state index contributed by atoms with van der Waals surface area (Å²) in [6, 6.07) is 0. The molecule has 0 aromatic heterocycles. The second-order valence-electron chi connectivity index (χ2n) is 49.4. The monoisotopic (exact) mass is 1730 g/mol. The van der Waals surface area contributed by atoms with Crippen LogP contribution in [-0.2, 0) is 28.9 Å². The van der Waals surface area contributed by atoms with E-state index in [1.165, 1.54) is 475 Å². The minimum atomic E-state index is -5.57. The molecule has 0 saturated heterocycles. The van der Waals surface area contributed by atoms with Gasteiger partial charge in [-0.15, -0.1) is 0 Å². The largest absolute Gasteiger partial charge is 0.628 e. The van der Waals surface area contributed by atoms with E-state index in [9.17, 15) is 0 Å². The molecular formula is C129H22O6P2. The van der Waals surface area contributed by atoms with Gasteiger partial charge in [0.1, 0.15) is 10.8 Å². The van der Waals surface area contributed by atoms with Crippen molar-refractivity contribution in [2.75, 3.05) is 26.4 Å². The highest BCUT2D eigenvalue weighted by molar-refractivity contribution is 7.80. The summed E-state index contributed by atoms with van der Waals surface area (Å²) in [4.78, 5) is 43.2. The Hall–Kier alpha value is -14.5. The van der Waals surface area contributed by atoms with E-state index in [1.807, 2.05) is 0 Å². The second-order valence-corrected chi connectivity index (χ2v) is 54.2. The van der Waals surface area contributed by atoms with Crippen molar-refractivity contribution in [3.05, 3.63) is 54.9 Å². The molecular weight excluding hydrogens is 1710 g/mol. The molecule has 4 unspecified atom stereocenters. The summed E-state index contributed by atoms with van der Waals surface area (Å²) in [6.07, 6.45) is 0. The van der Waals surface area contributed by atoms with E-state index in [1.54, 1.807) is 151 Å². The van der Waals surface area contributed by atoms with Gasteiger partial charge >= 0.3 is 4.90 Å². The van der Waals surface area contributed by atoms with Crippen molar-refractivity contribution in [1.82, 2.24) is 0 Å². The molecule has 4 atom stereocenters. The van der Waals surface area contributed by atoms with Gasteiger partial charge in [-0.05, 0) is 654 Å². The molecule has 0 radical (unpaired) electrons. The zero-order valence-electron chi connectivity index (χ0n) is 70.8. The van der Waals surface area contributed by atoms with E-state index in [-0.39, 0.29) is 26.4 Å². The van der Waals surface area contributed by atoms with Gasteiger partial charge in [0, 0.05) is 11.8 Å². The Balaban J connectivity index is 0.757. The van der Waals surface area contributed by atoms with Crippen LogP contribution in [0.4, 0.5) is 0 Å². The zero-order valence-corrected chi connectivity index (χ0v) is 72.6. The standard InChI is InChI=1S/C129H22O6P2/c1-5-132-136(130,133-6-2)129(137(131,134-7-3)135-8-4,127-121-113-101-73-57-41-17-11-9-12-18(17)42-46-38-26(12)30-22-15(9)21-29-25(11)37-45(41)69(73)85-81-53(37)49(29)65-61-33(21)34(22)62-66-50(30)54(38)82-86-70(46)74(58(42)57)102(101)114(121)106(86)110-94(82)90(66)98-78(62)77(61)97-89(65)93(81)109(105(85)113)123(127)117(97)118(98)124(110)127)128-122-115-103-75-59-43-19-13-10-14-20(19)44-48-40-28(14)32-24-16(10)23-31-27(13)39-47(43)71(75)87-83-55(39)51(31)67-63-35(23)36(24)64-68-52(32)56(40)84-88-72(48)76(60(44)59)104(103)116(122)108(88)112-96(84)92(68)100-80(64)79(63)99-91(67)95(83)111(107(87)115)125(128)119(99)120(100)126(112)128/h113,115H,5-8H2,1-4H3. The van der Waals surface area contributed by atoms with Gasteiger partial charge in [0.25, 0.3) is 15.9 Å². The maximum atomic E-state index is 22.8. The molecule has 64 rings (SSSR count). The quantitative estimate of drug-likeness (QED) is 0.0895. The maximum absolute atomic E-state index is 22.8. The van der Waals surface area contributed by atoms with Gasteiger partial charge in [-0.3, -0.25) is 0 Å². The first-order valence-corrected chi connectivity index (χ1v) is 54.3. The molecule has 584 valence electrons. The van der Waals surface area contributed by atoms with Gasteiger partial charge in [0.15, 0.2) is 0 Å². The molecule has 54 aromatic carbocycles. The summed E-state index contributed by atoms with van der Waals surface area (Å²) in [7, 11) is -11.1. The minimum Gasteiger partial charge on any atom is -0.628 e. The highest BCUT2D eigenvalue weighted by Gasteiger charge is 2.97. The van der Waals surface area contributed by atoms with Gasteiger partial charge in [-0.25, -0.2) is 18.1 Å². The van der Waals surface area contributed by atoms with Crippen molar-refractivity contribution in [2.45, 2.75) is 55.3 Å². The summed E-state index contributed by atoms with van der Waals surface area (Å²) in [6.45, 7) is 8.66. The number of hydrogen-bond donors (Lipinski definition) is 0. The topological polar surface area (TPSA) is 83.0 Å². The predicted molar refractivity (Wildman–Crippen MR) is 570 cm³/mol. The van der Waals surface area contributed by atoms with E-state index in [0.717, 1.165) is 0 Å². The average molecular weight is 1730 g/mol. The molecule has 0 heterocycles. The molecule has 0 aliphatic heterocycles. The van der Waals surface area contributed by atoms with Crippen LogP contribution in [-0.4, -0.2) is 31.3 Å². The minimum absolute atomic E-state index is 0.0286. The summed E-state index contributed by atoms with van der Waals surface area (Å²) in [5, 5.41) is 158. The van der Waals surface area contributed by atoms with Gasteiger partial charge in [0.2, 0.25) is 0 Å². The zero-order chi connectivity index (χ0) is 82.3. The van der Waals surface area contributed by atoms with Crippen LogP contribution in [0.15, 0.2) is 0 Å². The van der Waals surface area contributed by atoms with Crippen LogP contribution in [0.5, 0.6) is 0 Å². The first-order chi connectivity index (χ1) is 68.0. The highest BCUT2D eigenvalue weighted by atomic mass is 31.3. The molecule has 0 amide bonds. The van der Waals surface area contributed by atoms with Crippen molar-refractivity contribution in [1.29, 1.82) is 0 Å². The molecule has 0 saturated carbocycles. The Morgan fingerprint density at radius 3 is 0.453 bits per heavy atom. The van der Waals surface area contributed by atoms with E-state index >= 15 is 9.79 Å². The van der Waals surface area contributed by atoms with Crippen molar-refractivity contribution in [2.24, 2.45) is 0 Å². The lowest BCUT2D eigenvalue weighted by Gasteiger charge is -2.66. The van der Waals surface area contributed by atoms with Crippen LogP contribution in [0.25, 0.3) is 571 Å². The van der Waals surface area contributed by atoms with Crippen LogP contribution in [0.2, 0.25) is 0 Å². The van der Waals surface area contributed by atoms with E-state index in [4.69, 9.17) is 18.1 Å². The Morgan fingerprint density at radius 1 is 0.161 bits per heavy atom. The van der Waals surface area contributed by atoms with Gasteiger partial charge in [-0.2, -0.15) is 0 Å². The third kappa shape index (κ3) is 2.93. The van der Waals surface area contributed by atoms with Gasteiger partial charge < -0.3 is 9.79 Å². The third-order valence-electron chi connectivity index (χ3n) is 49.3. The number of benzene rings is 34. The first-order valence-electron chi connectivity index (χ1n) is 51.3. The van der Waals surface area contributed by atoms with Crippen LogP contribution in [0.3, 0.4) is 0 Å². The van der Waals surface area contributed by atoms with Crippen molar-refractivity contribution >= 4 is 587 Å². The van der Waals surface area contributed by atoms with Crippen molar-refractivity contribution in [3.8, 4) is 0 Å². The Kier molecular flexibility index (Phi) is 4.86. The fraction of sp³-hybridized carbons (Fsp3) is 0.101. The molecule has 0 spiro atoms. The predicted octanol–water partition coefficient (Wildman–Crippen LogP) is 32.1. The lowest BCUT2D eigenvalue weighted by molar-refractivity contribution is -0.245. The van der Waals surface area contributed by atoms with Crippen molar-refractivity contribution < 1.29 is 27.9 Å². The lowest BCUT2D eigenvalue weighted by Crippen LogP contribution is -2.72. The maximum Gasteiger partial charge on any atom is 0.309 e. The second kappa shape index (κ2) is 12.4. The molecule has 0 N–H and O–H groups in total. The van der Waals surface area contributed by atoms with E-state index < -0.39 is 43.4 Å². The fourth-order valence-electron chi connectivity index (χ4n) is 49.8. The lowest BCUT2D eigenvalue weighted by atomic mass is 9.47. The molecule has 54 aromatic rings. The molecule has 0 bridgehead atoms. The third-order valence-corrected chi connectivity index (χ3v) is 56.1. The molecule has 10 aliphatic carbocycles. The van der Waals surface area contributed by atoms with Gasteiger partial charge in [0.05, 0.1) is 26.4 Å². The van der Waals surface area contributed by atoms with Crippen LogP contribution in [0.1, 0.15) is 84.0 Å². The Bertz CT molecular complexity index is 15500. The Morgan fingerprint density at radius 2 is 0.277 bits per heavy atom. The molecule has 137 heavy (non-hydrogen) atoms. The SMILES string of the molecule is CCO[P+]([O-])(OCC)C(C12C3=c4c5c6c7c8c9c(c%10c1c1c%11c2c2c4c4c%12c5c5c7c7c8c8c%13c9c%10c9c1c1c%10c%11c%11c2c4c2c4c%11c%10c%10c%11c1c9c%13c1c8c8c7c7c5c%12c2c2c4c%10c(c1%11)c8c72)C36)(C12C3=c4c5c6c7c8c9c(c%10c1c1c%11c2c2c4c4c%12c5c5c7c7c8c8c%13c9c%10c9c1c1c%10c%11c%11c2c4c2c4c%11c%10c%10c%11c1c9c%13c1c8c8c7c7c5c%12c2c2c4c%10c(c1%11)c8c72)C36)[P+]([O-])(OCC)OCC. The van der Waals surface area contributed by atoms with E-state index in [2.05, 4.69) is 27.7 Å². The normalized spacial score (nSPS) is 21.8. The van der Waals surface area contributed by atoms with Crippen LogP contribution < -0.4 is 20.2 Å². The molecule has 8 heteroatoms. The fourth-order valence-corrected chi connectivity index (χ4v) is 57.0. The first kappa shape index (κ1) is 53.7. The summed E-state index contributed by atoms with van der Waals surface area (Å²) >= 11 is 0. The van der Waals surface area contributed by atoms with Crippen molar-refractivity contribution in [3.63, 3.8) is 0 Å². The summed E-state index contributed by atoms with van der Waals surface area (Å²) in [5.74, 6) is -0.805. The van der Waals surface area contributed by atoms with Gasteiger partial charge in [-0.1, -0.05) is 0 Å². The highest BCUT2D eigenvalue weighted by Crippen LogP contribution is 3.02. The van der Waals surface area contributed by atoms with Crippen LogP contribution >= 0.6 is 15.9 Å².